The Kier molecular flexibility index (Phi) is 3.68. The Morgan fingerprint density at radius 1 is 1.00 bits per heavy atom. The van der Waals surface area contributed by atoms with Gasteiger partial charge in [0.2, 0.25) is 0 Å². The molecule has 2 nitrogen and oxygen atoms in total. The Bertz CT molecular complexity index is 275. The van der Waals surface area contributed by atoms with E-state index in [9.17, 15) is 0 Å². The Morgan fingerprint density at radius 3 is 2.50 bits per heavy atom. The average Bonchev–Trinajstić information content (AvgIpc) is 2.39. The van der Waals surface area contributed by atoms with Gasteiger partial charge in [-0.15, -0.1) is 0 Å². The maximum atomic E-state index is 6.81. The molecule has 1 heterocycles. The van der Waals surface area contributed by atoms with Gasteiger partial charge in [-0.2, -0.15) is 0 Å². The minimum absolute atomic E-state index is 0.189. The number of morpholine rings is 1. The van der Waals surface area contributed by atoms with Gasteiger partial charge in [0.15, 0.2) is 0 Å². The van der Waals surface area contributed by atoms with Gasteiger partial charge < -0.3 is 10.1 Å². The van der Waals surface area contributed by atoms with Crippen LogP contribution in [0.15, 0.2) is 0 Å². The van der Waals surface area contributed by atoms with Crippen LogP contribution >= 0.6 is 0 Å². The highest BCUT2D eigenvalue weighted by Gasteiger charge is 2.47. The second kappa shape index (κ2) is 5.13. The predicted octanol–water partition coefficient (Wildman–Crippen LogP) is 3.65. The molecule has 3 rings (SSSR count). The van der Waals surface area contributed by atoms with Crippen LogP contribution in [0, 0.1) is 5.92 Å². The summed E-state index contributed by atoms with van der Waals surface area (Å²) in [5.74, 6) is 0.902. The summed E-state index contributed by atoms with van der Waals surface area (Å²) in [4.78, 5) is 0. The molecular weight excluding hydrogens is 222 g/mol. The van der Waals surface area contributed by atoms with Crippen molar-refractivity contribution in [3.05, 3.63) is 0 Å². The first-order valence-electron chi connectivity index (χ1n) is 8.17. The van der Waals surface area contributed by atoms with Gasteiger partial charge >= 0.3 is 0 Å². The van der Waals surface area contributed by atoms with Crippen molar-refractivity contribution in [1.82, 2.24) is 5.32 Å². The molecular formula is C16H29NO. The SMILES string of the molecule is CCC1CCCC2(CNCC3(CCCCC3)O2)C1. The smallest absolute Gasteiger partial charge is 0.0817 e. The quantitative estimate of drug-likeness (QED) is 0.768. The fourth-order valence-corrected chi connectivity index (χ4v) is 4.57. The maximum absolute atomic E-state index is 6.81. The Balaban J connectivity index is 1.72. The molecule has 2 saturated carbocycles. The predicted molar refractivity (Wildman–Crippen MR) is 74.8 cm³/mol. The van der Waals surface area contributed by atoms with E-state index in [4.69, 9.17) is 4.74 Å². The van der Waals surface area contributed by atoms with Crippen molar-refractivity contribution in [3.63, 3.8) is 0 Å². The molecule has 2 aliphatic carbocycles. The molecule has 3 aliphatic rings. The molecule has 1 saturated heterocycles. The number of hydrogen-bond donors (Lipinski definition) is 1. The summed E-state index contributed by atoms with van der Waals surface area (Å²) in [7, 11) is 0. The standard InChI is InChI=1S/C16H29NO/c1-2-14-7-6-10-16(11-14)13-17-12-15(18-16)8-4-3-5-9-15/h14,17H,2-13H2,1H3. The largest absolute Gasteiger partial charge is 0.366 e. The molecule has 0 aromatic carbocycles. The normalized spacial score (nSPS) is 40.2. The molecule has 2 heteroatoms. The van der Waals surface area contributed by atoms with Gasteiger partial charge in [-0.3, -0.25) is 0 Å². The summed E-state index contributed by atoms with van der Waals surface area (Å²) in [6, 6.07) is 0. The van der Waals surface area contributed by atoms with E-state index in [-0.39, 0.29) is 11.2 Å². The number of hydrogen-bond acceptors (Lipinski definition) is 2. The van der Waals surface area contributed by atoms with E-state index in [0.717, 1.165) is 19.0 Å². The van der Waals surface area contributed by atoms with Gasteiger partial charge in [0, 0.05) is 13.1 Å². The summed E-state index contributed by atoms with van der Waals surface area (Å²) in [5, 5.41) is 3.73. The zero-order chi connectivity index (χ0) is 12.5. The van der Waals surface area contributed by atoms with Crippen LogP contribution in [-0.4, -0.2) is 24.3 Å². The lowest BCUT2D eigenvalue weighted by Crippen LogP contribution is -2.62. The molecule has 3 fully saturated rings. The van der Waals surface area contributed by atoms with Crippen LogP contribution in [0.2, 0.25) is 0 Å². The van der Waals surface area contributed by atoms with Crippen LogP contribution in [0.3, 0.4) is 0 Å². The lowest BCUT2D eigenvalue weighted by atomic mass is 9.74. The van der Waals surface area contributed by atoms with E-state index in [2.05, 4.69) is 12.2 Å². The van der Waals surface area contributed by atoms with Crippen molar-refractivity contribution in [2.75, 3.05) is 13.1 Å². The molecule has 104 valence electrons. The third-order valence-corrected chi connectivity index (χ3v) is 5.57. The van der Waals surface area contributed by atoms with Crippen LogP contribution in [0.25, 0.3) is 0 Å². The fourth-order valence-electron chi connectivity index (χ4n) is 4.57. The van der Waals surface area contributed by atoms with E-state index in [1.165, 1.54) is 64.2 Å². The first-order chi connectivity index (χ1) is 8.76. The molecule has 0 aromatic rings. The molecule has 2 unspecified atom stereocenters. The van der Waals surface area contributed by atoms with Crippen LogP contribution < -0.4 is 5.32 Å². The number of rotatable bonds is 1. The first-order valence-corrected chi connectivity index (χ1v) is 8.17. The van der Waals surface area contributed by atoms with Crippen molar-refractivity contribution in [2.45, 2.75) is 82.3 Å². The topological polar surface area (TPSA) is 21.3 Å². The maximum Gasteiger partial charge on any atom is 0.0817 e. The monoisotopic (exact) mass is 251 g/mol. The van der Waals surface area contributed by atoms with E-state index in [1.807, 2.05) is 0 Å². The molecule has 0 bridgehead atoms. The Hall–Kier alpha value is -0.0800. The molecule has 0 aromatic heterocycles. The van der Waals surface area contributed by atoms with Crippen LogP contribution in [0.1, 0.15) is 71.1 Å². The van der Waals surface area contributed by atoms with E-state index >= 15 is 0 Å². The Morgan fingerprint density at radius 2 is 1.72 bits per heavy atom. The van der Waals surface area contributed by atoms with Gasteiger partial charge in [0.05, 0.1) is 11.2 Å². The van der Waals surface area contributed by atoms with Gasteiger partial charge in [0.1, 0.15) is 0 Å². The molecule has 2 atom stereocenters. The van der Waals surface area contributed by atoms with Gasteiger partial charge in [0.25, 0.3) is 0 Å². The highest BCUT2D eigenvalue weighted by Crippen LogP contribution is 2.44. The second-order valence-corrected chi connectivity index (χ2v) is 7.00. The number of ether oxygens (including phenoxy) is 1. The zero-order valence-corrected chi connectivity index (χ0v) is 12.0. The lowest BCUT2D eigenvalue weighted by Gasteiger charge is -2.53. The van der Waals surface area contributed by atoms with Crippen molar-refractivity contribution in [3.8, 4) is 0 Å². The summed E-state index contributed by atoms with van der Waals surface area (Å²) >= 11 is 0. The van der Waals surface area contributed by atoms with Crippen molar-refractivity contribution in [1.29, 1.82) is 0 Å². The third kappa shape index (κ3) is 2.46. The highest BCUT2D eigenvalue weighted by molar-refractivity contribution is 5.00. The van der Waals surface area contributed by atoms with E-state index < -0.39 is 0 Å². The number of nitrogens with one attached hydrogen (secondary N) is 1. The van der Waals surface area contributed by atoms with E-state index in [1.54, 1.807) is 0 Å². The molecule has 1 aliphatic heterocycles. The van der Waals surface area contributed by atoms with Crippen molar-refractivity contribution < 1.29 is 4.74 Å². The molecule has 2 spiro atoms. The molecule has 18 heavy (non-hydrogen) atoms. The van der Waals surface area contributed by atoms with Crippen LogP contribution in [0.4, 0.5) is 0 Å². The second-order valence-electron chi connectivity index (χ2n) is 7.00. The third-order valence-electron chi connectivity index (χ3n) is 5.57. The summed E-state index contributed by atoms with van der Waals surface area (Å²) < 4.78 is 6.81. The summed E-state index contributed by atoms with van der Waals surface area (Å²) in [5.41, 5.74) is 0.390. The van der Waals surface area contributed by atoms with E-state index in [0.29, 0.717) is 0 Å². The summed E-state index contributed by atoms with van der Waals surface area (Å²) in [6.45, 7) is 4.55. The molecule has 0 amide bonds. The summed E-state index contributed by atoms with van der Waals surface area (Å²) in [6.07, 6.45) is 13.5. The van der Waals surface area contributed by atoms with Gasteiger partial charge in [-0.25, -0.2) is 0 Å². The molecule has 1 N–H and O–H groups in total. The molecule has 0 radical (unpaired) electrons. The minimum atomic E-state index is 0.189. The average molecular weight is 251 g/mol. The minimum Gasteiger partial charge on any atom is -0.366 e. The zero-order valence-electron chi connectivity index (χ0n) is 12.0. The van der Waals surface area contributed by atoms with Crippen LogP contribution in [0.5, 0.6) is 0 Å². The first kappa shape index (κ1) is 12.9. The Labute approximate surface area is 112 Å². The van der Waals surface area contributed by atoms with Gasteiger partial charge in [-0.05, 0) is 31.6 Å². The van der Waals surface area contributed by atoms with Crippen LogP contribution in [-0.2, 0) is 4.74 Å². The lowest BCUT2D eigenvalue weighted by molar-refractivity contribution is -0.208. The van der Waals surface area contributed by atoms with Crippen molar-refractivity contribution >= 4 is 0 Å². The van der Waals surface area contributed by atoms with Crippen molar-refractivity contribution in [2.24, 2.45) is 5.92 Å². The highest BCUT2D eigenvalue weighted by atomic mass is 16.5. The van der Waals surface area contributed by atoms with Gasteiger partial charge in [-0.1, -0.05) is 45.4 Å². The fraction of sp³-hybridized carbons (Fsp3) is 1.00.